The number of halogens is 2. The van der Waals surface area contributed by atoms with E-state index in [2.05, 4.69) is 6.92 Å². The molecule has 0 aliphatic rings. The van der Waals surface area contributed by atoms with E-state index in [0.29, 0.717) is 18.8 Å². The van der Waals surface area contributed by atoms with Crippen molar-refractivity contribution in [2.45, 2.75) is 76.9 Å². The minimum atomic E-state index is -2.61. The van der Waals surface area contributed by atoms with E-state index in [1.165, 1.54) is 11.8 Å². The first-order chi connectivity index (χ1) is 9.40. The number of unbranched alkanes of at least 4 members (excludes halogenated alkanes) is 2. The zero-order chi connectivity index (χ0) is 15.4. The van der Waals surface area contributed by atoms with E-state index in [1.54, 1.807) is 0 Å². The van der Waals surface area contributed by atoms with Crippen LogP contribution in [0.25, 0.3) is 0 Å². The monoisotopic (exact) mass is 310 g/mol. The third-order valence-electron chi connectivity index (χ3n) is 2.90. The minimum Gasteiger partial charge on any atom is -0.465 e. The summed E-state index contributed by atoms with van der Waals surface area (Å²) in [6.45, 7) is 5.51. The number of carbonyl (C=O) groups excluding carboxylic acids is 1. The second-order valence-corrected chi connectivity index (χ2v) is 6.51. The van der Waals surface area contributed by atoms with Gasteiger partial charge in [-0.2, -0.15) is 0 Å². The molecule has 20 heavy (non-hydrogen) atoms. The molecular weight excluding hydrogens is 282 g/mol. The third kappa shape index (κ3) is 11.5. The van der Waals surface area contributed by atoms with Gasteiger partial charge >= 0.3 is 5.97 Å². The largest absolute Gasteiger partial charge is 0.465 e. The maximum Gasteiger partial charge on any atom is 0.319 e. The van der Waals surface area contributed by atoms with Gasteiger partial charge in [-0.05, 0) is 31.9 Å². The van der Waals surface area contributed by atoms with E-state index in [1.807, 2.05) is 6.92 Å². The lowest BCUT2D eigenvalue weighted by molar-refractivity contribution is -0.143. The molecule has 0 bridgehead atoms. The Labute approximate surface area is 126 Å². The highest BCUT2D eigenvalue weighted by Crippen LogP contribution is 2.24. The first-order valence-corrected chi connectivity index (χ1v) is 8.61. The quantitative estimate of drug-likeness (QED) is 0.372. The Balaban J connectivity index is 4.03. The zero-order valence-corrected chi connectivity index (χ0v) is 13.7. The molecular formula is C15H28F2O2S. The Morgan fingerprint density at radius 1 is 1.20 bits per heavy atom. The number of alkyl halides is 2. The molecule has 120 valence electrons. The van der Waals surface area contributed by atoms with Gasteiger partial charge in [-0.25, -0.2) is 8.78 Å². The van der Waals surface area contributed by atoms with Gasteiger partial charge in [0.15, 0.2) is 0 Å². The molecule has 0 N–H and O–H groups in total. The standard InChI is InChI=1S/C15H28F2O2S/c1-4-6-9-13(14(18)19-11-7-5-2)20-12-8-10-15(3,16)17/h13H,4-12H2,1-3H3. The Bertz CT molecular complexity index is 255. The fraction of sp³-hybridized carbons (Fsp3) is 0.933. The molecule has 0 aliphatic heterocycles. The highest BCUT2D eigenvalue weighted by molar-refractivity contribution is 8.00. The van der Waals surface area contributed by atoms with Gasteiger partial charge < -0.3 is 4.74 Å². The maximum absolute atomic E-state index is 12.7. The molecule has 0 amide bonds. The third-order valence-corrected chi connectivity index (χ3v) is 4.26. The molecule has 0 aromatic carbocycles. The van der Waals surface area contributed by atoms with Gasteiger partial charge in [-0.1, -0.05) is 33.1 Å². The van der Waals surface area contributed by atoms with Gasteiger partial charge in [0.2, 0.25) is 5.92 Å². The highest BCUT2D eigenvalue weighted by atomic mass is 32.2. The molecule has 0 fully saturated rings. The summed E-state index contributed by atoms with van der Waals surface area (Å²) < 4.78 is 30.7. The molecule has 0 aromatic heterocycles. The van der Waals surface area contributed by atoms with Crippen molar-refractivity contribution in [1.29, 1.82) is 0 Å². The van der Waals surface area contributed by atoms with E-state index < -0.39 is 5.92 Å². The van der Waals surface area contributed by atoms with E-state index in [0.717, 1.165) is 39.0 Å². The smallest absolute Gasteiger partial charge is 0.319 e. The second kappa shape index (κ2) is 11.4. The molecule has 0 saturated carbocycles. The molecule has 0 rings (SSSR count). The number of carbonyl (C=O) groups is 1. The molecule has 0 heterocycles. The first-order valence-electron chi connectivity index (χ1n) is 7.56. The van der Waals surface area contributed by atoms with Crippen LogP contribution in [-0.4, -0.2) is 29.5 Å². The van der Waals surface area contributed by atoms with Gasteiger partial charge in [-0.3, -0.25) is 4.79 Å². The van der Waals surface area contributed by atoms with Crippen molar-refractivity contribution < 1.29 is 18.3 Å². The van der Waals surface area contributed by atoms with Crippen molar-refractivity contribution in [3.63, 3.8) is 0 Å². The summed E-state index contributed by atoms with van der Waals surface area (Å²) >= 11 is 1.46. The Hall–Kier alpha value is -0.320. The van der Waals surface area contributed by atoms with Crippen LogP contribution in [-0.2, 0) is 9.53 Å². The Kier molecular flexibility index (Phi) is 11.2. The number of hydrogen-bond donors (Lipinski definition) is 0. The minimum absolute atomic E-state index is 0.120. The molecule has 0 radical (unpaired) electrons. The lowest BCUT2D eigenvalue weighted by atomic mass is 10.2. The number of ether oxygens (including phenoxy) is 1. The van der Waals surface area contributed by atoms with Crippen LogP contribution in [0.2, 0.25) is 0 Å². The van der Waals surface area contributed by atoms with Gasteiger partial charge in [-0.15, -0.1) is 11.8 Å². The first kappa shape index (κ1) is 19.7. The summed E-state index contributed by atoms with van der Waals surface area (Å²) in [7, 11) is 0. The van der Waals surface area contributed by atoms with Crippen molar-refractivity contribution in [2.75, 3.05) is 12.4 Å². The van der Waals surface area contributed by atoms with E-state index in [-0.39, 0.29) is 17.6 Å². The molecule has 0 spiro atoms. The molecule has 2 nitrogen and oxygen atoms in total. The maximum atomic E-state index is 12.7. The normalized spacial score (nSPS) is 13.2. The fourth-order valence-electron chi connectivity index (χ4n) is 1.68. The van der Waals surface area contributed by atoms with Crippen molar-refractivity contribution >= 4 is 17.7 Å². The summed E-state index contributed by atoms with van der Waals surface area (Å²) in [4.78, 5) is 11.9. The average Bonchev–Trinajstić information content (AvgIpc) is 2.36. The van der Waals surface area contributed by atoms with Crippen molar-refractivity contribution in [1.82, 2.24) is 0 Å². The number of hydrogen-bond acceptors (Lipinski definition) is 3. The highest BCUT2D eigenvalue weighted by Gasteiger charge is 2.22. The summed E-state index contributed by atoms with van der Waals surface area (Å²) in [5, 5.41) is -0.197. The lowest BCUT2D eigenvalue weighted by Gasteiger charge is -2.16. The van der Waals surface area contributed by atoms with Crippen LogP contribution < -0.4 is 0 Å². The fourth-order valence-corrected chi connectivity index (χ4v) is 2.81. The van der Waals surface area contributed by atoms with Crippen molar-refractivity contribution in [3.8, 4) is 0 Å². The molecule has 1 unspecified atom stereocenters. The van der Waals surface area contributed by atoms with Crippen molar-refractivity contribution in [3.05, 3.63) is 0 Å². The summed E-state index contributed by atoms with van der Waals surface area (Å²) in [6, 6.07) is 0. The van der Waals surface area contributed by atoms with Gasteiger partial charge in [0.1, 0.15) is 5.25 Å². The van der Waals surface area contributed by atoms with Crippen LogP contribution in [0.4, 0.5) is 8.78 Å². The predicted molar refractivity (Wildman–Crippen MR) is 81.5 cm³/mol. The Morgan fingerprint density at radius 3 is 2.40 bits per heavy atom. The van der Waals surface area contributed by atoms with Crippen LogP contribution in [0, 0.1) is 0 Å². The van der Waals surface area contributed by atoms with Crippen LogP contribution in [0.3, 0.4) is 0 Å². The molecule has 1 atom stereocenters. The van der Waals surface area contributed by atoms with E-state index in [9.17, 15) is 13.6 Å². The summed E-state index contributed by atoms with van der Waals surface area (Å²) in [5.41, 5.74) is 0. The van der Waals surface area contributed by atoms with Crippen LogP contribution in [0.5, 0.6) is 0 Å². The van der Waals surface area contributed by atoms with Crippen LogP contribution in [0.15, 0.2) is 0 Å². The number of esters is 1. The predicted octanol–water partition coefficient (Wildman–Crippen LogP) is 5.06. The summed E-state index contributed by atoms with van der Waals surface area (Å²) in [5.74, 6) is -2.21. The molecule has 0 saturated heterocycles. The summed E-state index contributed by atoms with van der Waals surface area (Å²) in [6.07, 6.45) is 4.93. The topological polar surface area (TPSA) is 26.3 Å². The van der Waals surface area contributed by atoms with Crippen LogP contribution in [0.1, 0.15) is 65.7 Å². The molecule has 5 heteroatoms. The number of thioether (sulfide) groups is 1. The Morgan fingerprint density at radius 2 is 1.85 bits per heavy atom. The zero-order valence-electron chi connectivity index (χ0n) is 12.9. The SMILES string of the molecule is CCCCOC(=O)C(CCCC)SCCCC(C)(F)F. The van der Waals surface area contributed by atoms with Crippen molar-refractivity contribution in [2.24, 2.45) is 0 Å². The van der Waals surface area contributed by atoms with Crippen LogP contribution >= 0.6 is 11.8 Å². The van der Waals surface area contributed by atoms with Gasteiger partial charge in [0.05, 0.1) is 6.61 Å². The van der Waals surface area contributed by atoms with E-state index >= 15 is 0 Å². The van der Waals surface area contributed by atoms with Gasteiger partial charge in [0, 0.05) is 6.42 Å². The average molecular weight is 310 g/mol. The molecule has 0 aliphatic carbocycles. The van der Waals surface area contributed by atoms with Gasteiger partial charge in [0.25, 0.3) is 0 Å². The lowest BCUT2D eigenvalue weighted by Crippen LogP contribution is -2.21. The van der Waals surface area contributed by atoms with E-state index in [4.69, 9.17) is 4.74 Å². The second-order valence-electron chi connectivity index (χ2n) is 5.20. The number of rotatable bonds is 12. The molecule has 0 aromatic rings.